The van der Waals surface area contributed by atoms with E-state index in [-0.39, 0.29) is 6.61 Å². The lowest BCUT2D eigenvalue weighted by molar-refractivity contribution is -0.147. The highest BCUT2D eigenvalue weighted by molar-refractivity contribution is 4.73. The second-order valence-corrected chi connectivity index (χ2v) is 4.58. The van der Waals surface area contributed by atoms with Crippen LogP contribution in [0.25, 0.3) is 0 Å². The van der Waals surface area contributed by atoms with Crippen molar-refractivity contribution in [2.75, 3.05) is 26.2 Å². The van der Waals surface area contributed by atoms with E-state index in [1.807, 2.05) is 0 Å². The molecule has 0 aliphatic heterocycles. The van der Waals surface area contributed by atoms with Crippen molar-refractivity contribution in [2.24, 2.45) is 5.92 Å². The van der Waals surface area contributed by atoms with Gasteiger partial charge in [0.1, 0.15) is 0 Å². The summed E-state index contributed by atoms with van der Waals surface area (Å²) in [5.74, 6) is 0.418. The molecule has 0 aromatic rings. The minimum Gasteiger partial charge on any atom is -0.396 e. The molecule has 0 saturated heterocycles. The SMILES string of the molecule is OCCCN(CC1CCCC1)CC(F)(F)F. The summed E-state index contributed by atoms with van der Waals surface area (Å²) in [6, 6.07) is 0. The molecular weight excluding hydrogens is 219 g/mol. The number of rotatable bonds is 6. The molecule has 0 unspecified atom stereocenters. The third-order valence-corrected chi connectivity index (χ3v) is 3.03. The molecule has 0 aromatic heterocycles. The Labute approximate surface area is 94.4 Å². The van der Waals surface area contributed by atoms with E-state index in [0.29, 0.717) is 25.4 Å². The molecule has 2 nitrogen and oxygen atoms in total. The minimum atomic E-state index is -4.13. The molecule has 0 spiro atoms. The molecule has 0 radical (unpaired) electrons. The Morgan fingerprint density at radius 3 is 2.31 bits per heavy atom. The Morgan fingerprint density at radius 1 is 1.19 bits per heavy atom. The molecule has 1 N–H and O–H groups in total. The molecule has 0 heterocycles. The van der Waals surface area contributed by atoms with E-state index in [2.05, 4.69) is 0 Å². The van der Waals surface area contributed by atoms with Gasteiger partial charge in [-0.3, -0.25) is 4.90 Å². The van der Waals surface area contributed by atoms with Crippen LogP contribution >= 0.6 is 0 Å². The van der Waals surface area contributed by atoms with Crippen LogP contribution < -0.4 is 0 Å². The van der Waals surface area contributed by atoms with Gasteiger partial charge in [0, 0.05) is 19.7 Å². The summed E-state index contributed by atoms with van der Waals surface area (Å²) in [7, 11) is 0. The highest BCUT2D eigenvalue weighted by atomic mass is 19.4. The van der Waals surface area contributed by atoms with E-state index < -0.39 is 12.7 Å². The number of hydrogen-bond donors (Lipinski definition) is 1. The van der Waals surface area contributed by atoms with E-state index in [4.69, 9.17) is 5.11 Å². The molecule has 16 heavy (non-hydrogen) atoms. The maximum Gasteiger partial charge on any atom is 0.401 e. The van der Waals surface area contributed by atoms with E-state index in [1.54, 1.807) is 0 Å². The average molecular weight is 239 g/mol. The van der Waals surface area contributed by atoms with Gasteiger partial charge >= 0.3 is 6.18 Å². The first-order valence-corrected chi connectivity index (χ1v) is 5.91. The summed E-state index contributed by atoms with van der Waals surface area (Å²) in [5, 5.41) is 8.67. The second-order valence-electron chi connectivity index (χ2n) is 4.58. The summed E-state index contributed by atoms with van der Waals surface area (Å²) in [4.78, 5) is 1.44. The van der Waals surface area contributed by atoms with Crippen LogP contribution in [-0.2, 0) is 0 Å². The van der Waals surface area contributed by atoms with E-state index in [9.17, 15) is 13.2 Å². The van der Waals surface area contributed by atoms with Crippen molar-refractivity contribution in [3.05, 3.63) is 0 Å². The zero-order valence-corrected chi connectivity index (χ0v) is 9.47. The monoisotopic (exact) mass is 239 g/mol. The normalized spacial score (nSPS) is 18.6. The summed E-state index contributed by atoms with van der Waals surface area (Å²) in [5.41, 5.74) is 0. The van der Waals surface area contributed by atoms with Crippen LogP contribution in [0.3, 0.4) is 0 Å². The van der Waals surface area contributed by atoms with Crippen molar-refractivity contribution < 1.29 is 18.3 Å². The first-order valence-electron chi connectivity index (χ1n) is 5.91. The predicted octanol–water partition coefficient (Wildman–Crippen LogP) is 2.42. The molecule has 1 fully saturated rings. The average Bonchev–Trinajstić information content (AvgIpc) is 2.64. The molecule has 1 saturated carbocycles. The third-order valence-electron chi connectivity index (χ3n) is 3.03. The van der Waals surface area contributed by atoms with Crippen molar-refractivity contribution in [1.82, 2.24) is 4.90 Å². The quantitative estimate of drug-likeness (QED) is 0.769. The maximum absolute atomic E-state index is 12.3. The Balaban J connectivity index is 2.35. The first kappa shape index (κ1) is 13.8. The van der Waals surface area contributed by atoms with Crippen LogP contribution in [0.15, 0.2) is 0 Å². The van der Waals surface area contributed by atoms with Gasteiger partial charge in [-0.25, -0.2) is 0 Å². The van der Waals surface area contributed by atoms with Crippen LogP contribution in [-0.4, -0.2) is 42.4 Å². The van der Waals surface area contributed by atoms with Gasteiger partial charge in [0.2, 0.25) is 0 Å². The van der Waals surface area contributed by atoms with Crippen LogP contribution in [0, 0.1) is 5.92 Å². The molecule has 1 aliphatic carbocycles. The number of aliphatic hydroxyl groups is 1. The number of hydrogen-bond acceptors (Lipinski definition) is 2. The van der Waals surface area contributed by atoms with E-state index in [0.717, 1.165) is 25.7 Å². The van der Waals surface area contributed by atoms with Gasteiger partial charge in [-0.1, -0.05) is 12.8 Å². The highest BCUT2D eigenvalue weighted by Gasteiger charge is 2.31. The van der Waals surface area contributed by atoms with E-state index in [1.165, 1.54) is 4.90 Å². The lowest BCUT2D eigenvalue weighted by Gasteiger charge is -2.26. The molecule has 0 amide bonds. The number of nitrogens with zero attached hydrogens (tertiary/aromatic N) is 1. The fourth-order valence-electron chi connectivity index (χ4n) is 2.34. The number of halogens is 3. The van der Waals surface area contributed by atoms with Gasteiger partial charge in [-0.15, -0.1) is 0 Å². The summed E-state index contributed by atoms with van der Waals surface area (Å²) in [6.07, 6.45) is 0.673. The summed E-state index contributed by atoms with van der Waals surface area (Å²) < 4.78 is 36.9. The topological polar surface area (TPSA) is 23.5 Å². The largest absolute Gasteiger partial charge is 0.401 e. The molecule has 96 valence electrons. The Kier molecular flexibility index (Phi) is 5.55. The van der Waals surface area contributed by atoms with Crippen LogP contribution in [0.4, 0.5) is 13.2 Å². The molecular formula is C11H20F3NO. The molecule has 0 bridgehead atoms. The standard InChI is InChI=1S/C11H20F3NO/c12-11(13,14)9-15(6-3-7-16)8-10-4-1-2-5-10/h10,16H,1-9H2. The summed E-state index contributed by atoms with van der Waals surface area (Å²) in [6.45, 7) is -0.0193. The van der Waals surface area contributed by atoms with Gasteiger partial charge in [0.05, 0.1) is 6.54 Å². The smallest absolute Gasteiger partial charge is 0.396 e. The number of alkyl halides is 3. The Bertz CT molecular complexity index is 190. The maximum atomic E-state index is 12.3. The lowest BCUT2D eigenvalue weighted by Crippen LogP contribution is -2.38. The van der Waals surface area contributed by atoms with Crippen molar-refractivity contribution in [1.29, 1.82) is 0 Å². The molecule has 0 aromatic carbocycles. The predicted molar refractivity (Wildman–Crippen MR) is 56.2 cm³/mol. The lowest BCUT2D eigenvalue weighted by atomic mass is 10.1. The number of aliphatic hydroxyl groups excluding tert-OH is 1. The van der Waals surface area contributed by atoms with Crippen LogP contribution in [0.5, 0.6) is 0 Å². The van der Waals surface area contributed by atoms with Crippen molar-refractivity contribution >= 4 is 0 Å². The fourth-order valence-corrected chi connectivity index (χ4v) is 2.34. The van der Waals surface area contributed by atoms with Crippen molar-refractivity contribution in [3.8, 4) is 0 Å². The molecule has 1 rings (SSSR count). The Hall–Kier alpha value is -0.290. The highest BCUT2D eigenvalue weighted by Crippen LogP contribution is 2.26. The zero-order chi connectivity index (χ0) is 12.0. The molecule has 5 heteroatoms. The van der Waals surface area contributed by atoms with Gasteiger partial charge in [0.25, 0.3) is 0 Å². The first-order chi connectivity index (χ1) is 7.51. The zero-order valence-electron chi connectivity index (χ0n) is 9.47. The van der Waals surface area contributed by atoms with Gasteiger partial charge in [0.15, 0.2) is 0 Å². The van der Waals surface area contributed by atoms with E-state index >= 15 is 0 Å². The fraction of sp³-hybridized carbons (Fsp3) is 1.00. The molecule has 0 atom stereocenters. The summed E-state index contributed by atoms with van der Waals surface area (Å²) >= 11 is 0. The third kappa shape index (κ3) is 5.70. The van der Waals surface area contributed by atoms with Crippen LogP contribution in [0.1, 0.15) is 32.1 Å². The van der Waals surface area contributed by atoms with Crippen LogP contribution in [0.2, 0.25) is 0 Å². The minimum absolute atomic E-state index is 0.0426. The molecule has 1 aliphatic rings. The van der Waals surface area contributed by atoms with Gasteiger partial charge in [-0.2, -0.15) is 13.2 Å². The van der Waals surface area contributed by atoms with Crippen molar-refractivity contribution in [3.63, 3.8) is 0 Å². The van der Waals surface area contributed by atoms with Gasteiger partial charge < -0.3 is 5.11 Å². The Morgan fingerprint density at radius 2 is 1.81 bits per heavy atom. The second kappa shape index (κ2) is 6.45. The van der Waals surface area contributed by atoms with Crippen molar-refractivity contribution in [2.45, 2.75) is 38.3 Å². The van der Waals surface area contributed by atoms with Gasteiger partial charge in [-0.05, 0) is 25.2 Å².